The predicted octanol–water partition coefficient (Wildman–Crippen LogP) is 3.92. The monoisotopic (exact) mass is 270 g/mol. The van der Waals surface area contributed by atoms with E-state index in [1.165, 1.54) is 6.07 Å². The minimum Gasteiger partial charge on any atom is -0.424 e. The van der Waals surface area contributed by atoms with Crippen molar-refractivity contribution in [3.8, 4) is 5.75 Å². The summed E-state index contributed by atoms with van der Waals surface area (Å²) in [5.41, 5.74) is 0. The number of hydrogen-bond acceptors (Lipinski definition) is 3. The average Bonchev–Trinajstić information content (AvgIpc) is 2.36. The van der Waals surface area contributed by atoms with E-state index >= 15 is 0 Å². The lowest BCUT2D eigenvalue weighted by molar-refractivity contribution is -0.163. The third-order valence-corrected chi connectivity index (χ3v) is 2.30. The first-order valence-electron chi connectivity index (χ1n) is 5.35. The zero-order valence-corrected chi connectivity index (χ0v) is 9.61. The van der Waals surface area contributed by atoms with Crippen LogP contribution < -0.4 is 4.74 Å². The number of fused-ring (bicyclic) bond motifs is 1. The number of hydrogen-bond donors (Lipinski definition) is 0. The first kappa shape index (κ1) is 13.2. The van der Waals surface area contributed by atoms with Gasteiger partial charge in [0.15, 0.2) is 6.61 Å². The van der Waals surface area contributed by atoms with E-state index in [4.69, 9.17) is 4.74 Å². The predicted molar refractivity (Wildman–Crippen MR) is 62.0 cm³/mol. The number of carbonyl (C=O) groups excluding carboxylic acids is 1. The molecule has 0 fully saturated rings. The smallest absolute Gasteiger partial charge is 0.424 e. The maximum atomic E-state index is 11.9. The van der Waals surface area contributed by atoms with Gasteiger partial charge in [-0.2, -0.15) is 13.2 Å². The van der Waals surface area contributed by atoms with Gasteiger partial charge in [0, 0.05) is 5.39 Å². The van der Waals surface area contributed by atoms with Crippen molar-refractivity contribution in [2.45, 2.75) is 6.18 Å². The summed E-state index contributed by atoms with van der Waals surface area (Å²) >= 11 is 0. The Morgan fingerprint density at radius 2 is 1.74 bits per heavy atom. The van der Waals surface area contributed by atoms with Crippen molar-refractivity contribution < 1.29 is 27.4 Å². The van der Waals surface area contributed by atoms with Gasteiger partial charge in [-0.05, 0) is 11.5 Å². The first-order valence-corrected chi connectivity index (χ1v) is 5.35. The van der Waals surface area contributed by atoms with Crippen molar-refractivity contribution >= 4 is 16.9 Å². The van der Waals surface area contributed by atoms with Gasteiger partial charge in [-0.3, -0.25) is 0 Å². The fourth-order valence-corrected chi connectivity index (χ4v) is 1.54. The second-order valence-corrected chi connectivity index (χ2v) is 3.73. The summed E-state index contributed by atoms with van der Waals surface area (Å²) in [6, 6.07) is 11.9. The van der Waals surface area contributed by atoms with Crippen LogP contribution in [0, 0.1) is 0 Å². The van der Waals surface area contributed by atoms with Gasteiger partial charge < -0.3 is 9.47 Å². The second-order valence-electron chi connectivity index (χ2n) is 3.73. The molecule has 0 unspecified atom stereocenters. The Morgan fingerprint density at radius 1 is 1.05 bits per heavy atom. The number of rotatable bonds is 2. The molecule has 0 atom stereocenters. The van der Waals surface area contributed by atoms with E-state index in [1.807, 2.05) is 0 Å². The molecular formula is C13H9F3O3. The van der Waals surface area contributed by atoms with Crippen LogP contribution >= 0.6 is 0 Å². The summed E-state index contributed by atoms with van der Waals surface area (Å²) in [6.07, 6.45) is -5.95. The largest absolute Gasteiger partial charge is 0.514 e. The number of benzene rings is 2. The van der Waals surface area contributed by atoms with E-state index in [1.54, 1.807) is 36.4 Å². The van der Waals surface area contributed by atoms with E-state index in [0.717, 1.165) is 5.39 Å². The zero-order chi connectivity index (χ0) is 13.9. The summed E-state index contributed by atoms with van der Waals surface area (Å²) in [6.45, 7) is -1.67. The van der Waals surface area contributed by atoms with Gasteiger partial charge in [0.05, 0.1) is 0 Å². The topological polar surface area (TPSA) is 35.5 Å². The van der Waals surface area contributed by atoms with Crippen molar-refractivity contribution in [1.82, 2.24) is 0 Å². The van der Waals surface area contributed by atoms with Gasteiger partial charge in [-0.25, -0.2) is 4.79 Å². The Balaban J connectivity index is 2.11. The van der Waals surface area contributed by atoms with Crippen molar-refractivity contribution in [2.75, 3.05) is 6.61 Å². The molecule has 0 aliphatic carbocycles. The Morgan fingerprint density at radius 3 is 2.47 bits per heavy atom. The van der Waals surface area contributed by atoms with E-state index in [2.05, 4.69) is 4.74 Å². The molecule has 0 radical (unpaired) electrons. The molecular weight excluding hydrogens is 261 g/mol. The third kappa shape index (κ3) is 3.61. The molecule has 0 saturated carbocycles. The summed E-state index contributed by atoms with van der Waals surface area (Å²) < 4.78 is 44.4. The molecule has 19 heavy (non-hydrogen) atoms. The number of carbonyl (C=O) groups is 1. The van der Waals surface area contributed by atoms with Gasteiger partial charge >= 0.3 is 12.3 Å². The molecule has 3 nitrogen and oxygen atoms in total. The minimum absolute atomic E-state index is 0.158. The van der Waals surface area contributed by atoms with Crippen molar-refractivity contribution in [2.24, 2.45) is 0 Å². The maximum absolute atomic E-state index is 11.9. The summed E-state index contributed by atoms with van der Waals surface area (Å²) in [4.78, 5) is 11.2. The van der Waals surface area contributed by atoms with E-state index < -0.39 is 18.9 Å². The van der Waals surface area contributed by atoms with Gasteiger partial charge in [0.25, 0.3) is 0 Å². The highest BCUT2D eigenvalue weighted by Gasteiger charge is 2.30. The van der Waals surface area contributed by atoms with Crippen LogP contribution in [0.2, 0.25) is 0 Å². The Bertz CT molecular complexity index is 588. The molecule has 2 aromatic carbocycles. The zero-order valence-electron chi connectivity index (χ0n) is 9.61. The summed E-state index contributed by atoms with van der Waals surface area (Å²) in [7, 11) is 0. The van der Waals surface area contributed by atoms with Crippen molar-refractivity contribution in [3.63, 3.8) is 0 Å². The SMILES string of the molecule is O=C(OCC(F)(F)F)Oc1cccc2ccccc12. The van der Waals surface area contributed by atoms with Crippen LogP contribution in [0.4, 0.5) is 18.0 Å². The molecule has 0 heterocycles. The molecule has 100 valence electrons. The lowest BCUT2D eigenvalue weighted by atomic mass is 10.1. The molecule has 0 aliphatic heterocycles. The van der Waals surface area contributed by atoms with Crippen LogP contribution in [0.25, 0.3) is 10.8 Å². The Labute approximate surface area is 106 Å². The molecule has 0 spiro atoms. The van der Waals surface area contributed by atoms with Gasteiger partial charge in [-0.15, -0.1) is 0 Å². The van der Waals surface area contributed by atoms with Crippen LogP contribution in [0.3, 0.4) is 0 Å². The number of ether oxygens (including phenoxy) is 2. The normalized spacial score (nSPS) is 11.3. The fraction of sp³-hybridized carbons (Fsp3) is 0.154. The van der Waals surface area contributed by atoms with Crippen LogP contribution in [0.15, 0.2) is 42.5 Å². The molecule has 2 aromatic rings. The van der Waals surface area contributed by atoms with Crippen LogP contribution in [0.1, 0.15) is 0 Å². The van der Waals surface area contributed by atoms with Crippen LogP contribution in [-0.2, 0) is 4.74 Å². The lowest BCUT2D eigenvalue weighted by Crippen LogP contribution is -2.22. The van der Waals surface area contributed by atoms with Gasteiger partial charge in [0.1, 0.15) is 5.75 Å². The molecule has 2 rings (SSSR count). The fourth-order valence-electron chi connectivity index (χ4n) is 1.54. The van der Waals surface area contributed by atoms with Gasteiger partial charge in [0.2, 0.25) is 0 Å². The highest BCUT2D eigenvalue weighted by molar-refractivity contribution is 5.89. The number of alkyl halides is 3. The van der Waals surface area contributed by atoms with E-state index in [9.17, 15) is 18.0 Å². The number of halogens is 3. The molecule has 0 saturated heterocycles. The second kappa shape index (κ2) is 5.17. The highest BCUT2D eigenvalue weighted by Crippen LogP contribution is 2.25. The first-order chi connectivity index (χ1) is 8.96. The lowest BCUT2D eigenvalue weighted by Gasteiger charge is -2.09. The quantitative estimate of drug-likeness (QED) is 0.613. The molecule has 0 bridgehead atoms. The maximum Gasteiger partial charge on any atom is 0.514 e. The molecule has 0 N–H and O–H groups in total. The van der Waals surface area contributed by atoms with Crippen molar-refractivity contribution in [3.05, 3.63) is 42.5 Å². The van der Waals surface area contributed by atoms with E-state index in [0.29, 0.717) is 5.39 Å². The third-order valence-electron chi connectivity index (χ3n) is 2.30. The summed E-state index contributed by atoms with van der Waals surface area (Å²) in [5.74, 6) is 0.158. The Kier molecular flexibility index (Phi) is 3.59. The highest BCUT2D eigenvalue weighted by atomic mass is 19.4. The molecule has 0 aliphatic rings. The van der Waals surface area contributed by atoms with Crippen molar-refractivity contribution in [1.29, 1.82) is 0 Å². The van der Waals surface area contributed by atoms with E-state index in [-0.39, 0.29) is 5.75 Å². The Hall–Kier alpha value is -2.24. The molecule has 0 amide bonds. The van der Waals surface area contributed by atoms with Crippen LogP contribution in [-0.4, -0.2) is 18.9 Å². The average molecular weight is 270 g/mol. The van der Waals surface area contributed by atoms with Crippen LogP contribution in [0.5, 0.6) is 5.75 Å². The standard InChI is InChI=1S/C13H9F3O3/c14-13(15,16)8-18-12(17)19-11-7-3-5-9-4-1-2-6-10(9)11/h1-7H,8H2. The molecule has 6 heteroatoms. The molecule has 0 aromatic heterocycles. The minimum atomic E-state index is -4.57. The summed E-state index contributed by atoms with van der Waals surface area (Å²) in [5, 5.41) is 1.43. The van der Waals surface area contributed by atoms with Gasteiger partial charge in [-0.1, -0.05) is 36.4 Å².